The third-order valence-corrected chi connectivity index (χ3v) is 1.56. The molecule has 0 aliphatic carbocycles. The van der Waals surface area contributed by atoms with E-state index in [0.29, 0.717) is 6.54 Å². The average molecular weight is 184 g/mol. The molecule has 2 N–H and O–H groups in total. The third-order valence-electron chi connectivity index (χ3n) is 1.56. The normalized spacial score (nSPS) is 10.7. The fourth-order valence-electron chi connectivity index (χ4n) is 1.05. The van der Waals surface area contributed by atoms with Crippen LogP contribution in [-0.2, 0) is 6.54 Å². The van der Waals surface area contributed by atoms with E-state index in [1.165, 1.54) is 0 Å². The van der Waals surface area contributed by atoms with Crippen LogP contribution in [0.15, 0.2) is 15.7 Å². The standard InChI is InChI=1S/C8H12N2O3/c1-5(2)4-10-7(12)3-6(11)9-8(10)13/h3,5,12H,4H2,1-2H3,(H,9,11,13). The molecule has 5 heteroatoms. The van der Waals surface area contributed by atoms with Gasteiger partial charge in [-0.25, -0.2) is 4.79 Å². The van der Waals surface area contributed by atoms with Gasteiger partial charge < -0.3 is 5.11 Å². The number of aromatic nitrogens is 2. The summed E-state index contributed by atoms with van der Waals surface area (Å²) in [6.07, 6.45) is 0. The molecular weight excluding hydrogens is 172 g/mol. The summed E-state index contributed by atoms with van der Waals surface area (Å²) in [4.78, 5) is 23.9. The van der Waals surface area contributed by atoms with E-state index >= 15 is 0 Å². The van der Waals surface area contributed by atoms with E-state index in [1.807, 2.05) is 13.8 Å². The van der Waals surface area contributed by atoms with Gasteiger partial charge in [0.05, 0.1) is 6.07 Å². The zero-order valence-electron chi connectivity index (χ0n) is 7.57. The minimum Gasteiger partial charge on any atom is -0.494 e. The average Bonchev–Trinajstić information content (AvgIpc) is 1.96. The molecule has 0 aliphatic rings. The Balaban J connectivity index is 3.22. The van der Waals surface area contributed by atoms with Crippen LogP contribution >= 0.6 is 0 Å². The lowest BCUT2D eigenvalue weighted by atomic mass is 10.2. The van der Waals surface area contributed by atoms with E-state index in [9.17, 15) is 14.7 Å². The van der Waals surface area contributed by atoms with Crippen molar-refractivity contribution in [3.05, 3.63) is 26.9 Å². The summed E-state index contributed by atoms with van der Waals surface area (Å²) in [5, 5.41) is 9.26. The Bertz CT molecular complexity index is 403. The lowest BCUT2D eigenvalue weighted by Crippen LogP contribution is -2.30. The molecule has 1 rings (SSSR count). The van der Waals surface area contributed by atoms with Gasteiger partial charge in [0.2, 0.25) is 5.88 Å². The Morgan fingerprint density at radius 3 is 2.62 bits per heavy atom. The Morgan fingerprint density at radius 1 is 1.54 bits per heavy atom. The highest BCUT2D eigenvalue weighted by molar-refractivity contribution is 5.05. The molecule has 1 aromatic heterocycles. The maximum absolute atomic E-state index is 11.1. The van der Waals surface area contributed by atoms with Gasteiger partial charge >= 0.3 is 5.69 Å². The van der Waals surface area contributed by atoms with Gasteiger partial charge in [-0.15, -0.1) is 0 Å². The van der Waals surface area contributed by atoms with Crippen molar-refractivity contribution in [2.45, 2.75) is 20.4 Å². The first-order valence-corrected chi connectivity index (χ1v) is 4.04. The Labute approximate surface area is 74.7 Å². The van der Waals surface area contributed by atoms with E-state index in [-0.39, 0.29) is 11.8 Å². The van der Waals surface area contributed by atoms with Crippen molar-refractivity contribution in [2.24, 2.45) is 5.92 Å². The molecule has 0 radical (unpaired) electrons. The largest absolute Gasteiger partial charge is 0.494 e. The predicted octanol–water partition coefficient (Wildman–Crippen LogP) is -0.102. The highest BCUT2D eigenvalue weighted by Crippen LogP contribution is 2.04. The lowest BCUT2D eigenvalue weighted by molar-refractivity contribution is 0.376. The van der Waals surface area contributed by atoms with E-state index in [4.69, 9.17) is 0 Å². The number of aromatic amines is 1. The van der Waals surface area contributed by atoms with Gasteiger partial charge in [0.1, 0.15) is 0 Å². The molecule has 1 aromatic rings. The Kier molecular flexibility index (Phi) is 2.55. The Morgan fingerprint density at radius 2 is 2.15 bits per heavy atom. The van der Waals surface area contributed by atoms with Crippen LogP contribution in [0.4, 0.5) is 0 Å². The van der Waals surface area contributed by atoms with Gasteiger partial charge in [-0.2, -0.15) is 0 Å². The molecule has 5 nitrogen and oxygen atoms in total. The van der Waals surface area contributed by atoms with Crippen LogP contribution in [0, 0.1) is 5.92 Å². The van der Waals surface area contributed by atoms with Crippen molar-refractivity contribution in [2.75, 3.05) is 0 Å². The van der Waals surface area contributed by atoms with Gasteiger partial charge in [-0.3, -0.25) is 14.3 Å². The zero-order valence-corrected chi connectivity index (χ0v) is 7.57. The number of hydrogen-bond acceptors (Lipinski definition) is 3. The van der Waals surface area contributed by atoms with Crippen molar-refractivity contribution in [3.8, 4) is 5.88 Å². The Hall–Kier alpha value is -1.52. The molecule has 0 saturated carbocycles. The van der Waals surface area contributed by atoms with Crippen LogP contribution in [0.1, 0.15) is 13.8 Å². The zero-order chi connectivity index (χ0) is 10.0. The minimum absolute atomic E-state index is 0.231. The first-order valence-electron chi connectivity index (χ1n) is 4.04. The van der Waals surface area contributed by atoms with Crippen LogP contribution in [0.25, 0.3) is 0 Å². The molecule has 0 atom stereocenters. The van der Waals surface area contributed by atoms with Crippen molar-refractivity contribution in [1.29, 1.82) is 0 Å². The number of hydrogen-bond donors (Lipinski definition) is 2. The third kappa shape index (κ3) is 2.21. The fourth-order valence-corrected chi connectivity index (χ4v) is 1.05. The number of rotatable bonds is 2. The van der Waals surface area contributed by atoms with Gasteiger partial charge in [-0.1, -0.05) is 13.8 Å². The number of nitrogens with one attached hydrogen (secondary N) is 1. The maximum Gasteiger partial charge on any atom is 0.331 e. The minimum atomic E-state index is -0.581. The van der Waals surface area contributed by atoms with Crippen molar-refractivity contribution in [3.63, 3.8) is 0 Å². The second-order valence-electron chi connectivity index (χ2n) is 3.30. The van der Waals surface area contributed by atoms with E-state index < -0.39 is 11.2 Å². The summed E-state index contributed by atoms with van der Waals surface area (Å²) < 4.78 is 1.13. The summed E-state index contributed by atoms with van der Waals surface area (Å²) >= 11 is 0. The summed E-state index contributed by atoms with van der Waals surface area (Å²) in [5.74, 6) is -0.0584. The molecule has 0 aliphatic heterocycles. The van der Waals surface area contributed by atoms with E-state index in [2.05, 4.69) is 4.98 Å². The van der Waals surface area contributed by atoms with Gasteiger partial charge in [0, 0.05) is 6.54 Å². The van der Waals surface area contributed by atoms with Crippen LogP contribution < -0.4 is 11.2 Å². The van der Waals surface area contributed by atoms with Crippen LogP contribution in [0.3, 0.4) is 0 Å². The van der Waals surface area contributed by atoms with Crippen molar-refractivity contribution in [1.82, 2.24) is 9.55 Å². The highest BCUT2D eigenvalue weighted by atomic mass is 16.3. The maximum atomic E-state index is 11.1. The molecule has 0 fully saturated rings. The highest BCUT2D eigenvalue weighted by Gasteiger charge is 2.05. The van der Waals surface area contributed by atoms with Crippen LogP contribution in [-0.4, -0.2) is 14.7 Å². The molecule has 0 bridgehead atoms. The first-order chi connectivity index (χ1) is 6.00. The second-order valence-corrected chi connectivity index (χ2v) is 3.30. The van der Waals surface area contributed by atoms with Gasteiger partial charge in [0.25, 0.3) is 5.56 Å². The van der Waals surface area contributed by atoms with Crippen molar-refractivity contribution >= 4 is 0 Å². The molecule has 13 heavy (non-hydrogen) atoms. The van der Waals surface area contributed by atoms with Gasteiger partial charge in [0.15, 0.2) is 0 Å². The smallest absolute Gasteiger partial charge is 0.331 e. The monoisotopic (exact) mass is 184 g/mol. The van der Waals surface area contributed by atoms with Crippen LogP contribution in [0.5, 0.6) is 5.88 Å². The quantitative estimate of drug-likeness (QED) is 0.673. The number of H-pyrrole nitrogens is 1. The summed E-state index contributed by atoms with van der Waals surface area (Å²) in [7, 11) is 0. The molecule has 0 aromatic carbocycles. The SMILES string of the molecule is CC(C)Cn1c(O)cc(=O)[nH]c1=O. The molecule has 0 spiro atoms. The van der Waals surface area contributed by atoms with E-state index in [1.54, 1.807) is 0 Å². The second kappa shape index (κ2) is 3.47. The topological polar surface area (TPSA) is 75.1 Å². The molecule has 72 valence electrons. The summed E-state index contributed by atoms with van der Waals surface area (Å²) in [6.45, 7) is 4.22. The molecule has 0 unspecified atom stereocenters. The van der Waals surface area contributed by atoms with Crippen molar-refractivity contribution < 1.29 is 5.11 Å². The molecular formula is C8H12N2O3. The molecule has 0 amide bonds. The summed E-state index contributed by atoms with van der Waals surface area (Å²) in [6, 6.07) is 0.990. The predicted molar refractivity (Wildman–Crippen MR) is 47.8 cm³/mol. The lowest BCUT2D eigenvalue weighted by Gasteiger charge is -2.08. The number of nitrogens with zero attached hydrogens (tertiary/aromatic N) is 1. The van der Waals surface area contributed by atoms with Gasteiger partial charge in [-0.05, 0) is 5.92 Å². The molecule has 1 heterocycles. The first kappa shape index (κ1) is 9.57. The summed E-state index contributed by atoms with van der Waals surface area (Å²) in [5.41, 5.74) is -1.15. The fraction of sp³-hybridized carbons (Fsp3) is 0.500. The van der Waals surface area contributed by atoms with E-state index in [0.717, 1.165) is 10.6 Å². The van der Waals surface area contributed by atoms with Crippen LogP contribution in [0.2, 0.25) is 0 Å². The number of aromatic hydroxyl groups is 1. The molecule has 0 saturated heterocycles.